The average Bonchev–Trinajstić information content (AvgIpc) is 3.10. The van der Waals surface area contributed by atoms with E-state index in [2.05, 4.69) is 9.97 Å². The van der Waals surface area contributed by atoms with Crippen LogP contribution in [-0.4, -0.2) is 62.9 Å². The van der Waals surface area contributed by atoms with E-state index >= 15 is 0 Å². The summed E-state index contributed by atoms with van der Waals surface area (Å²) in [5.41, 5.74) is 10.6. The van der Waals surface area contributed by atoms with Crippen molar-refractivity contribution in [1.82, 2.24) is 24.0 Å². The van der Waals surface area contributed by atoms with Gasteiger partial charge in [0.2, 0.25) is 18.1 Å². The molecule has 2 aromatic rings. The van der Waals surface area contributed by atoms with E-state index in [1.165, 1.54) is 17.0 Å². The molecular weight excluding hydrogens is 328 g/mol. The van der Waals surface area contributed by atoms with Crippen molar-refractivity contribution in [1.29, 1.82) is 0 Å². The Balaban J connectivity index is 2.42. The monoisotopic (exact) mass is 348 g/mol. The van der Waals surface area contributed by atoms with Crippen LogP contribution in [0.5, 0.6) is 0 Å². The van der Waals surface area contributed by atoms with Gasteiger partial charge in [-0.05, 0) is 14.1 Å². The van der Waals surface area contributed by atoms with Crippen molar-refractivity contribution in [3.63, 3.8) is 0 Å². The Labute approximate surface area is 143 Å². The van der Waals surface area contributed by atoms with Crippen molar-refractivity contribution in [2.75, 3.05) is 25.5 Å². The van der Waals surface area contributed by atoms with E-state index in [1.54, 1.807) is 11.6 Å². The van der Waals surface area contributed by atoms with Gasteiger partial charge in [0.25, 0.3) is 11.8 Å². The van der Waals surface area contributed by atoms with Crippen molar-refractivity contribution < 1.29 is 14.4 Å². The minimum Gasteiger partial charge on any atom is -0.363 e. The maximum absolute atomic E-state index is 11.6. The molecule has 134 valence electrons. The van der Waals surface area contributed by atoms with Crippen molar-refractivity contribution in [3.8, 4) is 0 Å². The lowest BCUT2D eigenvalue weighted by Crippen LogP contribution is -2.23. The summed E-state index contributed by atoms with van der Waals surface area (Å²) in [6.07, 6.45) is 3.46. The summed E-state index contributed by atoms with van der Waals surface area (Å²) in [6, 6.07) is 0. The number of amides is 3. The van der Waals surface area contributed by atoms with Gasteiger partial charge < -0.3 is 25.5 Å². The number of hydrogen-bond donors (Lipinski definition) is 2. The number of primary amides is 2. The molecule has 0 aliphatic heterocycles. The van der Waals surface area contributed by atoms with Crippen LogP contribution in [0.25, 0.3) is 0 Å². The number of carbonyl (C=O) groups excluding carboxylic acids is 3. The predicted molar refractivity (Wildman–Crippen MR) is 89.2 cm³/mol. The number of anilines is 2. The summed E-state index contributed by atoms with van der Waals surface area (Å²) in [6.45, 7) is 1.10. The van der Waals surface area contributed by atoms with Crippen LogP contribution in [0.3, 0.4) is 0 Å². The first-order valence-electron chi connectivity index (χ1n) is 7.34. The highest BCUT2D eigenvalue weighted by Crippen LogP contribution is 2.22. The van der Waals surface area contributed by atoms with Crippen molar-refractivity contribution in [2.45, 2.75) is 6.54 Å². The second kappa shape index (κ2) is 7.13. The topological polar surface area (TPSA) is 145 Å². The van der Waals surface area contributed by atoms with E-state index in [1.807, 2.05) is 19.0 Å². The number of nitrogens with two attached hydrogens (primary N) is 2. The Kier molecular flexibility index (Phi) is 5.17. The minimum absolute atomic E-state index is 0.0102. The molecule has 0 aromatic carbocycles. The lowest BCUT2D eigenvalue weighted by Gasteiger charge is -2.11. The molecule has 2 rings (SSSR count). The molecule has 0 unspecified atom stereocenters. The molecule has 0 aliphatic carbocycles. The van der Waals surface area contributed by atoms with Crippen molar-refractivity contribution in [2.24, 2.45) is 18.5 Å². The number of rotatable bonds is 8. The van der Waals surface area contributed by atoms with E-state index in [4.69, 9.17) is 11.5 Å². The molecule has 0 radical (unpaired) electrons. The zero-order chi connectivity index (χ0) is 18.7. The fraction of sp³-hybridized carbons (Fsp3) is 0.357. The molecule has 2 heterocycles. The van der Waals surface area contributed by atoms with Gasteiger partial charge in [-0.3, -0.25) is 14.4 Å². The molecule has 0 saturated heterocycles. The average molecular weight is 348 g/mol. The number of aromatic nitrogens is 4. The van der Waals surface area contributed by atoms with Gasteiger partial charge in [0.15, 0.2) is 11.6 Å². The van der Waals surface area contributed by atoms with Crippen molar-refractivity contribution >= 4 is 29.9 Å². The molecule has 11 nitrogen and oxygen atoms in total. The molecule has 0 atom stereocenters. The van der Waals surface area contributed by atoms with E-state index < -0.39 is 11.8 Å². The van der Waals surface area contributed by atoms with Gasteiger partial charge in [-0.2, -0.15) is 0 Å². The summed E-state index contributed by atoms with van der Waals surface area (Å²) in [5, 5.41) is 0. The molecular formula is C14H20N8O3. The Morgan fingerprint density at radius 2 is 1.68 bits per heavy atom. The Morgan fingerprint density at radius 3 is 2.16 bits per heavy atom. The van der Waals surface area contributed by atoms with Gasteiger partial charge in [0.05, 0.1) is 0 Å². The molecule has 0 spiro atoms. The summed E-state index contributed by atoms with van der Waals surface area (Å²) >= 11 is 0. The molecule has 0 fully saturated rings. The Bertz CT molecular complexity index is 807. The molecule has 25 heavy (non-hydrogen) atoms. The standard InChI is InChI=1S/C14H20N8O3/c1-19(2)4-5-21-7-10(18-14(21)12(16)25)22(8-23)9-6-20(3)13(17-9)11(15)24/h6-8H,4-5H2,1-3H3,(H2,15,24)(H2,16,25). The first-order chi connectivity index (χ1) is 11.7. The SMILES string of the molecule is CN(C)CCn1cc(N(C=O)c2cn(C)c(C(N)=O)n2)nc1C(N)=O. The molecule has 11 heteroatoms. The largest absolute Gasteiger partial charge is 0.363 e. The Morgan fingerprint density at radius 1 is 1.12 bits per heavy atom. The van der Waals surface area contributed by atoms with Gasteiger partial charge in [-0.15, -0.1) is 0 Å². The third kappa shape index (κ3) is 3.83. The number of imidazole rings is 2. The number of likely N-dealkylation sites (N-methyl/N-ethyl adjacent to an activating group) is 1. The fourth-order valence-electron chi connectivity index (χ4n) is 2.21. The van der Waals surface area contributed by atoms with Gasteiger partial charge in [0, 0.05) is 32.5 Å². The number of hydrogen-bond acceptors (Lipinski definition) is 6. The lowest BCUT2D eigenvalue weighted by molar-refractivity contribution is -0.106. The lowest BCUT2D eigenvalue weighted by atomic mass is 10.5. The molecule has 2 aromatic heterocycles. The highest BCUT2D eigenvalue weighted by atomic mass is 16.2. The molecule has 0 saturated carbocycles. The van der Waals surface area contributed by atoms with Crippen molar-refractivity contribution in [3.05, 3.63) is 24.0 Å². The summed E-state index contributed by atoms with van der Waals surface area (Å²) < 4.78 is 2.96. The second-order valence-corrected chi connectivity index (χ2v) is 5.66. The van der Waals surface area contributed by atoms with Crippen LogP contribution in [-0.2, 0) is 18.4 Å². The Hall–Kier alpha value is -3.21. The highest BCUT2D eigenvalue weighted by molar-refractivity contribution is 5.93. The molecule has 4 N–H and O–H groups in total. The molecule has 3 amide bonds. The van der Waals surface area contributed by atoms with Crippen LogP contribution < -0.4 is 16.4 Å². The van der Waals surface area contributed by atoms with Gasteiger partial charge in [0.1, 0.15) is 0 Å². The summed E-state index contributed by atoms with van der Waals surface area (Å²) in [5.74, 6) is -1.11. The van der Waals surface area contributed by atoms with Crippen LogP contribution in [0.4, 0.5) is 11.6 Å². The fourth-order valence-corrected chi connectivity index (χ4v) is 2.21. The maximum atomic E-state index is 11.6. The maximum Gasteiger partial charge on any atom is 0.284 e. The number of nitrogens with zero attached hydrogens (tertiary/aromatic N) is 6. The number of carbonyl (C=O) groups is 3. The van der Waals surface area contributed by atoms with Crippen LogP contribution in [0.1, 0.15) is 21.2 Å². The highest BCUT2D eigenvalue weighted by Gasteiger charge is 2.21. The van der Waals surface area contributed by atoms with E-state index in [0.717, 1.165) is 4.90 Å². The van der Waals surface area contributed by atoms with E-state index in [-0.39, 0.29) is 23.3 Å². The summed E-state index contributed by atoms with van der Waals surface area (Å²) in [7, 11) is 5.35. The molecule has 0 bridgehead atoms. The quantitative estimate of drug-likeness (QED) is 0.565. The van der Waals surface area contributed by atoms with Crippen LogP contribution in [0.15, 0.2) is 12.4 Å². The minimum atomic E-state index is -0.728. The van der Waals surface area contributed by atoms with Crippen LogP contribution in [0, 0.1) is 0 Å². The first-order valence-corrected chi connectivity index (χ1v) is 7.34. The smallest absolute Gasteiger partial charge is 0.284 e. The van der Waals surface area contributed by atoms with Crippen LogP contribution >= 0.6 is 0 Å². The summed E-state index contributed by atoms with van der Waals surface area (Å²) in [4.78, 5) is 45.7. The second-order valence-electron chi connectivity index (χ2n) is 5.66. The van der Waals surface area contributed by atoms with E-state index in [0.29, 0.717) is 19.5 Å². The zero-order valence-electron chi connectivity index (χ0n) is 14.2. The zero-order valence-corrected chi connectivity index (χ0v) is 14.2. The first kappa shape index (κ1) is 18.1. The third-order valence-electron chi connectivity index (χ3n) is 3.46. The third-order valence-corrected chi connectivity index (χ3v) is 3.46. The van der Waals surface area contributed by atoms with Gasteiger partial charge >= 0.3 is 0 Å². The molecule has 0 aliphatic rings. The van der Waals surface area contributed by atoms with Gasteiger partial charge in [-0.1, -0.05) is 0 Å². The van der Waals surface area contributed by atoms with Crippen LogP contribution in [0.2, 0.25) is 0 Å². The normalized spacial score (nSPS) is 10.9. The number of aryl methyl sites for hydroxylation is 1. The van der Waals surface area contributed by atoms with Gasteiger partial charge in [-0.25, -0.2) is 14.9 Å². The predicted octanol–water partition coefficient (Wildman–Crippen LogP) is -1.33. The van der Waals surface area contributed by atoms with E-state index in [9.17, 15) is 14.4 Å².